The molecule has 6 nitrogen and oxygen atoms in total. The minimum absolute atomic E-state index is 0.249. The summed E-state index contributed by atoms with van der Waals surface area (Å²) in [6, 6.07) is 21.1. The van der Waals surface area contributed by atoms with Crippen LogP contribution in [-0.4, -0.2) is 28.5 Å². The molecule has 0 spiro atoms. The number of halogens is 2. The second-order valence-corrected chi connectivity index (χ2v) is 9.11. The first-order valence-corrected chi connectivity index (χ1v) is 11.7. The lowest BCUT2D eigenvalue weighted by Crippen LogP contribution is -2.36. The number of carbonyl (C=O) groups is 3. The Morgan fingerprint density at radius 3 is 2.44 bits per heavy atom. The predicted octanol–water partition coefficient (Wildman–Crippen LogP) is 6.25. The molecule has 0 unspecified atom stereocenters. The highest BCUT2D eigenvalue weighted by Gasteiger charge is 2.36. The third-order valence-electron chi connectivity index (χ3n) is 4.82. The molecule has 172 valence electrons. The first-order valence-electron chi connectivity index (χ1n) is 10.2. The van der Waals surface area contributed by atoms with Crippen molar-refractivity contribution in [2.24, 2.45) is 0 Å². The molecule has 3 aromatic rings. The van der Waals surface area contributed by atoms with E-state index in [1.54, 1.807) is 72.8 Å². The molecular formula is C25H18Cl2N2O4S. The molecule has 1 saturated heterocycles. The summed E-state index contributed by atoms with van der Waals surface area (Å²) >= 11 is 12.9. The predicted molar refractivity (Wildman–Crippen MR) is 135 cm³/mol. The van der Waals surface area contributed by atoms with Gasteiger partial charge < -0.3 is 10.1 Å². The molecule has 1 heterocycles. The number of hydrogen-bond donors (Lipinski definition) is 1. The van der Waals surface area contributed by atoms with E-state index in [9.17, 15) is 14.4 Å². The number of carbonyl (C=O) groups excluding carboxylic acids is 3. The third-order valence-corrected chi connectivity index (χ3v) is 6.31. The lowest BCUT2D eigenvalue weighted by atomic mass is 10.2. The zero-order chi connectivity index (χ0) is 24.1. The molecule has 0 saturated carbocycles. The van der Waals surface area contributed by atoms with Crippen molar-refractivity contribution in [1.29, 1.82) is 0 Å². The molecule has 0 radical (unpaired) electrons. The molecule has 4 rings (SSSR count). The van der Waals surface area contributed by atoms with E-state index in [-0.39, 0.29) is 18.1 Å². The van der Waals surface area contributed by atoms with Crippen LogP contribution in [0, 0.1) is 0 Å². The maximum atomic E-state index is 12.7. The van der Waals surface area contributed by atoms with E-state index in [0.29, 0.717) is 21.5 Å². The molecule has 3 amide bonds. The smallest absolute Gasteiger partial charge is 0.294 e. The summed E-state index contributed by atoms with van der Waals surface area (Å²) in [7, 11) is 0. The van der Waals surface area contributed by atoms with Gasteiger partial charge in [0.2, 0.25) is 5.91 Å². The summed E-state index contributed by atoms with van der Waals surface area (Å²) in [5, 5.41) is 3.26. The average molecular weight is 513 g/mol. The quantitative estimate of drug-likeness (QED) is 0.378. The largest absolute Gasteiger partial charge is 0.489 e. The zero-order valence-corrected chi connectivity index (χ0v) is 20.0. The van der Waals surface area contributed by atoms with Crippen LogP contribution in [-0.2, 0) is 16.2 Å². The summed E-state index contributed by atoms with van der Waals surface area (Å²) in [6.07, 6.45) is 1.61. The third kappa shape index (κ3) is 5.99. The molecular weight excluding hydrogens is 495 g/mol. The molecule has 3 aromatic carbocycles. The molecule has 1 N–H and O–H groups in total. The SMILES string of the molecule is O=C(CN1C(=O)S/C(=C\c2ccc(OCc3ccc(Cl)cc3Cl)cc2)C1=O)Nc1ccccc1. The summed E-state index contributed by atoms with van der Waals surface area (Å²) in [6.45, 7) is -0.0732. The number of para-hydroxylation sites is 1. The number of ether oxygens (including phenoxy) is 1. The van der Waals surface area contributed by atoms with Crippen LogP contribution in [0.2, 0.25) is 10.0 Å². The first-order chi connectivity index (χ1) is 16.4. The van der Waals surface area contributed by atoms with Crippen LogP contribution in [0.15, 0.2) is 77.7 Å². The fourth-order valence-corrected chi connectivity index (χ4v) is 4.41. The number of rotatable bonds is 7. The van der Waals surface area contributed by atoms with Crippen LogP contribution in [0.25, 0.3) is 6.08 Å². The molecule has 0 atom stereocenters. The molecule has 0 aromatic heterocycles. The Balaban J connectivity index is 1.36. The Morgan fingerprint density at radius 2 is 1.74 bits per heavy atom. The lowest BCUT2D eigenvalue weighted by Gasteiger charge is -2.12. The van der Waals surface area contributed by atoms with E-state index in [2.05, 4.69) is 5.32 Å². The number of imide groups is 1. The van der Waals surface area contributed by atoms with Crippen LogP contribution >= 0.6 is 35.0 Å². The Bertz CT molecular complexity index is 1260. The van der Waals surface area contributed by atoms with Crippen LogP contribution in [0.4, 0.5) is 10.5 Å². The van der Waals surface area contributed by atoms with Gasteiger partial charge in [-0.25, -0.2) is 0 Å². The number of thioether (sulfide) groups is 1. The van der Waals surface area contributed by atoms with Gasteiger partial charge in [0.1, 0.15) is 18.9 Å². The number of benzene rings is 3. The van der Waals surface area contributed by atoms with Gasteiger partial charge >= 0.3 is 0 Å². The Hall–Kier alpha value is -3.26. The highest BCUT2D eigenvalue weighted by molar-refractivity contribution is 8.18. The van der Waals surface area contributed by atoms with Gasteiger partial charge in [0, 0.05) is 21.3 Å². The number of amides is 3. The Morgan fingerprint density at radius 1 is 1.00 bits per heavy atom. The molecule has 9 heteroatoms. The van der Waals surface area contributed by atoms with E-state index in [1.165, 1.54) is 0 Å². The maximum Gasteiger partial charge on any atom is 0.294 e. The van der Waals surface area contributed by atoms with Crippen LogP contribution in [0.5, 0.6) is 5.75 Å². The normalized spacial score (nSPS) is 14.5. The molecule has 1 aliphatic rings. The van der Waals surface area contributed by atoms with E-state index in [1.807, 2.05) is 6.07 Å². The average Bonchev–Trinajstić information content (AvgIpc) is 3.07. The molecule has 0 bridgehead atoms. The van der Waals surface area contributed by atoms with Crippen molar-refractivity contribution in [3.63, 3.8) is 0 Å². The standard InChI is InChI=1S/C25H18Cl2N2O4S/c26-18-9-8-17(21(27)13-18)15-33-20-10-6-16(7-11-20)12-22-24(31)29(25(32)34-22)14-23(30)28-19-4-2-1-3-5-19/h1-13H,14-15H2,(H,28,30)/b22-12-. The summed E-state index contributed by atoms with van der Waals surface area (Å²) < 4.78 is 5.76. The van der Waals surface area contributed by atoms with Crippen molar-refractivity contribution in [3.05, 3.63) is 98.9 Å². The van der Waals surface area contributed by atoms with E-state index in [0.717, 1.165) is 27.8 Å². The van der Waals surface area contributed by atoms with Crippen molar-refractivity contribution in [3.8, 4) is 5.75 Å². The van der Waals surface area contributed by atoms with Crippen molar-refractivity contribution < 1.29 is 19.1 Å². The Labute approximate surface area is 210 Å². The first kappa shape index (κ1) is 23.9. The topological polar surface area (TPSA) is 75.7 Å². The van der Waals surface area contributed by atoms with Crippen molar-refractivity contribution in [1.82, 2.24) is 4.90 Å². The van der Waals surface area contributed by atoms with Gasteiger partial charge in [-0.3, -0.25) is 19.3 Å². The Kier molecular flexibility index (Phi) is 7.57. The van der Waals surface area contributed by atoms with Crippen molar-refractivity contribution in [2.45, 2.75) is 6.61 Å². The van der Waals surface area contributed by atoms with Gasteiger partial charge in [0.15, 0.2) is 0 Å². The van der Waals surface area contributed by atoms with E-state index < -0.39 is 17.1 Å². The van der Waals surface area contributed by atoms with Crippen molar-refractivity contribution in [2.75, 3.05) is 11.9 Å². The van der Waals surface area contributed by atoms with Gasteiger partial charge in [-0.15, -0.1) is 0 Å². The highest BCUT2D eigenvalue weighted by atomic mass is 35.5. The van der Waals surface area contributed by atoms with Gasteiger partial charge in [0.25, 0.3) is 11.1 Å². The maximum absolute atomic E-state index is 12.7. The van der Waals surface area contributed by atoms with Gasteiger partial charge in [-0.2, -0.15) is 0 Å². The van der Waals surface area contributed by atoms with E-state index >= 15 is 0 Å². The molecule has 34 heavy (non-hydrogen) atoms. The van der Waals surface area contributed by atoms with E-state index in [4.69, 9.17) is 27.9 Å². The summed E-state index contributed by atoms with van der Waals surface area (Å²) in [5.41, 5.74) is 2.12. The minimum Gasteiger partial charge on any atom is -0.489 e. The second kappa shape index (κ2) is 10.8. The zero-order valence-electron chi connectivity index (χ0n) is 17.7. The fraction of sp³-hybridized carbons (Fsp3) is 0.0800. The van der Waals surface area contributed by atoms with Gasteiger partial charge in [0.05, 0.1) is 4.91 Å². The molecule has 0 aliphatic carbocycles. The summed E-state index contributed by atoms with van der Waals surface area (Å²) in [4.78, 5) is 38.4. The van der Waals surface area contributed by atoms with Crippen LogP contribution in [0.1, 0.15) is 11.1 Å². The molecule has 1 aliphatic heterocycles. The minimum atomic E-state index is -0.504. The summed E-state index contributed by atoms with van der Waals surface area (Å²) in [5.74, 6) is -0.332. The highest BCUT2D eigenvalue weighted by Crippen LogP contribution is 2.32. The monoisotopic (exact) mass is 512 g/mol. The number of nitrogens with zero attached hydrogens (tertiary/aromatic N) is 1. The fourth-order valence-electron chi connectivity index (χ4n) is 3.11. The van der Waals surface area contributed by atoms with Crippen molar-refractivity contribution >= 4 is 63.8 Å². The van der Waals surface area contributed by atoms with Gasteiger partial charge in [-0.05, 0) is 59.8 Å². The number of nitrogens with one attached hydrogen (secondary N) is 1. The lowest BCUT2D eigenvalue weighted by molar-refractivity contribution is -0.127. The van der Waals surface area contributed by atoms with Crippen LogP contribution < -0.4 is 10.1 Å². The number of anilines is 1. The van der Waals surface area contributed by atoms with Gasteiger partial charge in [-0.1, -0.05) is 59.6 Å². The second-order valence-electron chi connectivity index (χ2n) is 7.28. The number of hydrogen-bond acceptors (Lipinski definition) is 5. The van der Waals surface area contributed by atoms with Crippen LogP contribution in [0.3, 0.4) is 0 Å². The molecule has 1 fully saturated rings.